The van der Waals surface area contributed by atoms with E-state index in [1.54, 1.807) is 0 Å². The minimum absolute atomic E-state index is 0.135. The lowest BCUT2D eigenvalue weighted by atomic mass is 10.0. The van der Waals surface area contributed by atoms with Crippen LogP contribution in [0, 0.1) is 0 Å². The first-order valence-electron chi connectivity index (χ1n) is 3.06. The van der Waals surface area contributed by atoms with Crippen molar-refractivity contribution in [3.63, 3.8) is 0 Å². The zero-order valence-corrected chi connectivity index (χ0v) is 7.39. The van der Waals surface area contributed by atoms with Gasteiger partial charge in [-0.15, -0.1) is 0 Å². The summed E-state index contributed by atoms with van der Waals surface area (Å²) in [6, 6.07) is 0. The second-order valence-electron chi connectivity index (χ2n) is 2.47. The summed E-state index contributed by atoms with van der Waals surface area (Å²) in [7, 11) is 0. The van der Waals surface area contributed by atoms with Crippen LogP contribution in [0.4, 0.5) is 0 Å². The molecule has 1 aliphatic rings. The summed E-state index contributed by atoms with van der Waals surface area (Å²) in [6.45, 7) is 3.36. The van der Waals surface area contributed by atoms with Gasteiger partial charge in [0.25, 0.3) is 0 Å². The lowest BCUT2D eigenvalue weighted by Gasteiger charge is -2.14. The Morgan fingerprint density at radius 2 is 2.36 bits per heavy atom. The molecule has 3 N–H and O–H groups in total. The fourth-order valence-electron chi connectivity index (χ4n) is 0.949. The average molecular weight is 218 g/mol. The molecule has 1 rings (SSSR count). The largest absolute Gasteiger partial charge is 0.401 e. The van der Waals surface area contributed by atoms with Crippen molar-refractivity contribution >= 4 is 21.7 Å². The van der Waals surface area contributed by atoms with Gasteiger partial charge in [0.2, 0.25) is 5.78 Å². The Hall–Kier alpha value is -0.610. The van der Waals surface area contributed by atoms with Gasteiger partial charge in [0.15, 0.2) is 5.60 Å². The lowest BCUT2D eigenvalue weighted by Crippen LogP contribution is -2.32. The maximum Gasteiger partial charge on any atom is 0.207 e. The van der Waals surface area contributed by atoms with Crippen molar-refractivity contribution in [2.75, 3.05) is 0 Å². The molecule has 0 saturated heterocycles. The molecule has 0 aliphatic heterocycles. The molecule has 11 heavy (non-hydrogen) atoms. The van der Waals surface area contributed by atoms with Gasteiger partial charge < -0.3 is 10.8 Å². The van der Waals surface area contributed by atoms with Gasteiger partial charge in [-0.3, -0.25) is 4.79 Å². The van der Waals surface area contributed by atoms with Crippen LogP contribution in [0.3, 0.4) is 0 Å². The molecule has 3 nitrogen and oxygen atoms in total. The third-order valence-corrected chi connectivity index (χ3v) is 2.54. The molecule has 1 aliphatic carbocycles. The Bertz CT molecular complexity index is 259. The van der Waals surface area contributed by atoms with Crippen molar-refractivity contribution in [1.82, 2.24) is 0 Å². The van der Waals surface area contributed by atoms with E-state index in [-0.39, 0.29) is 10.9 Å². The van der Waals surface area contributed by atoms with E-state index in [0.29, 0.717) is 5.70 Å². The molecule has 0 fully saturated rings. The first kappa shape index (κ1) is 8.49. The fourth-order valence-corrected chi connectivity index (χ4v) is 1.43. The number of Topliss-reactive ketones (excluding diaryl/α,β-unsaturated/α-hetero) is 1. The number of ketones is 1. The number of carbonyl (C=O) groups is 1. The summed E-state index contributed by atoms with van der Waals surface area (Å²) >= 11 is 2.98. The number of aliphatic hydroxyl groups is 1. The van der Waals surface area contributed by atoms with Gasteiger partial charge >= 0.3 is 0 Å². The number of carbonyl (C=O) groups excluding carboxylic acids is 1. The van der Waals surface area contributed by atoms with E-state index in [0.717, 1.165) is 0 Å². The van der Waals surface area contributed by atoms with Gasteiger partial charge in [0.1, 0.15) is 0 Å². The number of rotatable bonds is 1. The van der Waals surface area contributed by atoms with Gasteiger partial charge in [0, 0.05) is 12.1 Å². The zero-order valence-electron chi connectivity index (χ0n) is 5.80. The predicted octanol–water partition coefficient (Wildman–Crippen LogP) is 0.442. The van der Waals surface area contributed by atoms with Crippen LogP contribution in [0.5, 0.6) is 0 Å². The Kier molecular flexibility index (Phi) is 1.90. The van der Waals surface area contributed by atoms with Crippen LogP contribution < -0.4 is 5.73 Å². The Labute approximate surface area is 72.7 Å². The molecular formula is C7H8BrNO2. The summed E-state index contributed by atoms with van der Waals surface area (Å²) < 4.78 is 0.264. The maximum absolute atomic E-state index is 11.2. The second kappa shape index (κ2) is 2.46. The Balaban J connectivity index is 3.04. The first-order chi connectivity index (χ1) is 5.01. The summed E-state index contributed by atoms with van der Waals surface area (Å²) in [5.41, 5.74) is 4.31. The van der Waals surface area contributed by atoms with Crippen LogP contribution in [0.25, 0.3) is 0 Å². The highest BCUT2D eigenvalue weighted by Crippen LogP contribution is 2.32. The molecule has 0 aromatic carbocycles. The maximum atomic E-state index is 11.2. The standard InChI is InChI=1S/C7H8BrNO2/c1-2-7(11)3-4(9)5(8)6(7)10/h2,11H,1,3,9H2. The van der Waals surface area contributed by atoms with Gasteiger partial charge in [0.05, 0.1) is 4.48 Å². The van der Waals surface area contributed by atoms with Crippen LogP contribution in [0.15, 0.2) is 22.8 Å². The quantitative estimate of drug-likeness (QED) is 0.627. The smallest absolute Gasteiger partial charge is 0.207 e. The van der Waals surface area contributed by atoms with Crippen LogP contribution in [0.1, 0.15) is 6.42 Å². The molecule has 0 heterocycles. The Morgan fingerprint density at radius 1 is 1.82 bits per heavy atom. The fraction of sp³-hybridized carbons (Fsp3) is 0.286. The predicted molar refractivity (Wildman–Crippen MR) is 44.9 cm³/mol. The third kappa shape index (κ3) is 1.12. The molecule has 0 aromatic heterocycles. The lowest BCUT2D eigenvalue weighted by molar-refractivity contribution is -0.126. The summed E-state index contributed by atoms with van der Waals surface area (Å²) in [5, 5.41) is 9.49. The highest BCUT2D eigenvalue weighted by atomic mass is 79.9. The topological polar surface area (TPSA) is 63.3 Å². The molecule has 0 spiro atoms. The van der Waals surface area contributed by atoms with Crippen LogP contribution >= 0.6 is 15.9 Å². The van der Waals surface area contributed by atoms with Crippen molar-refractivity contribution in [3.05, 3.63) is 22.8 Å². The van der Waals surface area contributed by atoms with E-state index in [1.165, 1.54) is 6.08 Å². The zero-order chi connectivity index (χ0) is 8.65. The van der Waals surface area contributed by atoms with Gasteiger partial charge in [-0.2, -0.15) is 0 Å². The highest BCUT2D eigenvalue weighted by molar-refractivity contribution is 9.12. The van der Waals surface area contributed by atoms with Crippen molar-refractivity contribution < 1.29 is 9.90 Å². The highest BCUT2D eigenvalue weighted by Gasteiger charge is 2.41. The van der Waals surface area contributed by atoms with Gasteiger partial charge in [-0.25, -0.2) is 0 Å². The van der Waals surface area contributed by atoms with E-state index in [9.17, 15) is 9.90 Å². The number of hydrogen-bond donors (Lipinski definition) is 2. The van der Waals surface area contributed by atoms with E-state index in [4.69, 9.17) is 5.73 Å². The molecule has 60 valence electrons. The van der Waals surface area contributed by atoms with E-state index < -0.39 is 11.4 Å². The first-order valence-corrected chi connectivity index (χ1v) is 3.85. The molecule has 0 amide bonds. The molecule has 1 atom stereocenters. The summed E-state index contributed by atoms with van der Waals surface area (Å²) in [6.07, 6.45) is 1.34. The van der Waals surface area contributed by atoms with Crippen LogP contribution in [-0.4, -0.2) is 16.5 Å². The number of hydrogen-bond acceptors (Lipinski definition) is 3. The van der Waals surface area contributed by atoms with Crippen LogP contribution in [-0.2, 0) is 4.79 Å². The molecule has 4 heteroatoms. The molecule has 0 radical (unpaired) electrons. The number of nitrogens with two attached hydrogens (primary N) is 1. The van der Waals surface area contributed by atoms with Crippen molar-refractivity contribution in [2.24, 2.45) is 5.73 Å². The average Bonchev–Trinajstić information content (AvgIpc) is 2.17. The van der Waals surface area contributed by atoms with E-state index in [1.807, 2.05) is 0 Å². The molecule has 0 bridgehead atoms. The van der Waals surface area contributed by atoms with Gasteiger partial charge in [-0.05, 0) is 15.9 Å². The minimum atomic E-state index is -1.48. The van der Waals surface area contributed by atoms with E-state index >= 15 is 0 Å². The Morgan fingerprint density at radius 3 is 2.55 bits per heavy atom. The molecular weight excluding hydrogens is 210 g/mol. The summed E-state index contributed by atoms with van der Waals surface area (Å²) in [5.74, 6) is -0.412. The third-order valence-electron chi connectivity index (χ3n) is 1.67. The van der Waals surface area contributed by atoms with Crippen molar-refractivity contribution in [1.29, 1.82) is 0 Å². The monoisotopic (exact) mass is 217 g/mol. The van der Waals surface area contributed by atoms with Crippen molar-refractivity contribution in [3.8, 4) is 0 Å². The SMILES string of the molecule is C=CC1(O)CC(N)=C(Br)C1=O. The summed E-state index contributed by atoms with van der Waals surface area (Å²) in [4.78, 5) is 11.2. The molecule has 1 unspecified atom stereocenters. The minimum Gasteiger partial charge on any atom is -0.401 e. The normalized spacial score (nSPS) is 31.3. The molecule has 0 aromatic rings. The number of halogens is 1. The molecule has 0 saturated carbocycles. The van der Waals surface area contributed by atoms with Crippen molar-refractivity contribution in [2.45, 2.75) is 12.0 Å². The van der Waals surface area contributed by atoms with Crippen LogP contribution in [0.2, 0.25) is 0 Å². The second-order valence-corrected chi connectivity index (χ2v) is 3.27. The van der Waals surface area contributed by atoms with E-state index in [2.05, 4.69) is 22.5 Å². The van der Waals surface area contributed by atoms with Gasteiger partial charge in [-0.1, -0.05) is 12.7 Å².